The van der Waals surface area contributed by atoms with E-state index in [1.165, 1.54) is 10.3 Å². The Morgan fingerprint density at radius 2 is 2.03 bits per heavy atom. The summed E-state index contributed by atoms with van der Waals surface area (Å²) < 4.78 is 28.7. The van der Waals surface area contributed by atoms with Crippen LogP contribution in [-0.4, -0.2) is 52.4 Å². The molecule has 0 unspecified atom stereocenters. The lowest BCUT2D eigenvalue weighted by molar-refractivity contribution is -0.876. The van der Waals surface area contributed by atoms with Crippen LogP contribution in [0.5, 0.6) is 0 Å². The highest BCUT2D eigenvalue weighted by molar-refractivity contribution is 5.68. The summed E-state index contributed by atoms with van der Waals surface area (Å²) in [5.74, 6) is -0.728. The van der Waals surface area contributed by atoms with Gasteiger partial charge in [-0.1, -0.05) is 11.1 Å². The van der Waals surface area contributed by atoms with Crippen LogP contribution in [0, 0.1) is 6.92 Å². The van der Waals surface area contributed by atoms with Crippen molar-refractivity contribution >= 4 is 11.8 Å². The minimum atomic E-state index is -2.56. The molecule has 37 heavy (non-hydrogen) atoms. The number of halogens is 2. The summed E-state index contributed by atoms with van der Waals surface area (Å²) in [5, 5.41) is 3.38. The Kier molecular flexibility index (Phi) is 7.98. The summed E-state index contributed by atoms with van der Waals surface area (Å²) in [4.78, 5) is 29.3. The van der Waals surface area contributed by atoms with Crippen LogP contribution in [-0.2, 0) is 17.6 Å². The highest BCUT2D eigenvalue weighted by Gasteiger charge is 2.47. The number of anilines is 1. The second-order valence-electron chi connectivity index (χ2n) is 10.9. The Hall–Kier alpha value is -2.68. The lowest BCUT2D eigenvalue weighted by Gasteiger charge is -2.42. The summed E-state index contributed by atoms with van der Waals surface area (Å²) in [7, 11) is 0. The lowest BCUT2D eigenvalue weighted by atomic mass is 9.86. The van der Waals surface area contributed by atoms with Gasteiger partial charge in [0.2, 0.25) is 0 Å². The first-order chi connectivity index (χ1) is 17.9. The maximum absolute atomic E-state index is 13.6. The summed E-state index contributed by atoms with van der Waals surface area (Å²) in [6.07, 6.45) is 11.6. The fraction of sp³-hybridized carbons (Fsp3) is 0.643. The van der Waals surface area contributed by atoms with Gasteiger partial charge in [0.15, 0.2) is 0 Å². The first kappa shape index (κ1) is 25.9. The zero-order chi connectivity index (χ0) is 25.8. The van der Waals surface area contributed by atoms with E-state index in [9.17, 15) is 13.6 Å². The van der Waals surface area contributed by atoms with Gasteiger partial charge in [-0.25, -0.2) is 18.6 Å². The van der Waals surface area contributed by atoms with Crippen molar-refractivity contribution in [3.8, 4) is 0 Å². The smallest absolute Gasteiger partial charge is 0.358 e. The highest BCUT2D eigenvalue weighted by Crippen LogP contribution is 2.41. The molecule has 2 aliphatic carbocycles. The van der Waals surface area contributed by atoms with E-state index < -0.39 is 5.92 Å². The number of nitrogens with one attached hydrogen (secondary N) is 1. The summed E-state index contributed by atoms with van der Waals surface area (Å²) in [6.45, 7) is 4.14. The molecule has 2 aromatic rings. The Labute approximate surface area is 217 Å². The average molecular weight is 515 g/mol. The van der Waals surface area contributed by atoms with Crippen molar-refractivity contribution in [3.63, 3.8) is 0 Å². The van der Waals surface area contributed by atoms with Gasteiger partial charge in [-0.3, -0.25) is 9.74 Å². The van der Waals surface area contributed by atoms with E-state index in [0.717, 1.165) is 75.1 Å². The summed E-state index contributed by atoms with van der Waals surface area (Å²) >= 11 is 0. The van der Waals surface area contributed by atoms with Crippen LogP contribution in [0.2, 0.25) is 0 Å². The number of hydrogen-bond donors (Lipinski definition) is 1. The van der Waals surface area contributed by atoms with Crippen LogP contribution in [0.3, 0.4) is 0 Å². The van der Waals surface area contributed by atoms with E-state index in [1.54, 1.807) is 6.92 Å². The van der Waals surface area contributed by atoms with Crippen molar-refractivity contribution in [2.75, 3.05) is 25.0 Å². The van der Waals surface area contributed by atoms with Gasteiger partial charge in [-0.2, -0.15) is 0 Å². The third-order valence-electron chi connectivity index (χ3n) is 7.73. The Morgan fingerprint density at radius 1 is 1.22 bits per heavy atom. The molecule has 2 fully saturated rings. The van der Waals surface area contributed by atoms with E-state index in [0.29, 0.717) is 24.7 Å². The maximum atomic E-state index is 13.6. The van der Waals surface area contributed by atoms with E-state index in [1.807, 2.05) is 12.4 Å². The van der Waals surface area contributed by atoms with Crippen molar-refractivity contribution in [1.29, 1.82) is 0 Å². The minimum Gasteiger partial charge on any atom is -0.370 e. The molecule has 0 aromatic carbocycles. The average Bonchev–Trinajstić information content (AvgIpc) is 3.71. The fourth-order valence-electron chi connectivity index (χ4n) is 5.28. The molecule has 5 rings (SSSR count). The molecule has 9 heteroatoms. The SMILES string of the molecule is Cc1ncc(C2CC2)c[n+]1OC(=O)CCCN(CCCCc1ccc2c(n1)NCCC2)C1CC(F)(F)C1. The number of rotatable bonds is 12. The number of aromatic nitrogens is 3. The second-order valence-corrected chi connectivity index (χ2v) is 10.9. The van der Waals surface area contributed by atoms with Crippen LogP contribution in [0.15, 0.2) is 24.5 Å². The molecule has 0 amide bonds. The van der Waals surface area contributed by atoms with Gasteiger partial charge in [-0.05, 0) is 86.7 Å². The molecule has 200 valence electrons. The van der Waals surface area contributed by atoms with E-state index >= 15 is 0 Å². The second kappa shape index (κ2) is 11.4. The van der Waals surface area contributed by atoms with Crippen LogP contribution in [0.4, 0.5) is 14.6 Å². The monoisotopic (exact) mass is 514 g/mol. The van der Waals surface area contributed by atoms with Crippen molar-refractivity contribution in [2.45, 2.75) is 95.4 Å². The zero-order valence-corrected chi connectivity index (χ0v) is 21.7. The van der Waals surface area contributed by atoms with Crippen molar-refractivity contribution in [2.24, 2.45) is 0 Å². The molecule has 0 spiro atoms. The molecule has 1 N–H and O–H groups in total. The summed E-state index contributed by atoms with van der Waals surface area (Å²) in [5.41, 5.74) is 3.45. The number of fused-ring (bicyclic) bond motifs is 1. The van der Waals surface area contributed by atoms with Gasteiger partial charge in [0.25, 0.3) is 5.92 Å². The van der Waals surface area contributed by atoms with Crippen LogP contribution < -0.4 is 14.9 Å². The van der Waals surface area contributed by atoms with E-state index in [2.05, 4.69) is 27.3 Å². The normalized spacial score (nSPS) is 18.7. The van der Waals surface area contributed by atoms with Gasteiger partial charge in [0, 0.05) is 43.6 Å². The topological polar surface area (TPSA) is 71.2 Å². The Morgan fingerprint density at radius 3 is 2.81 bits per heavy atom. The molecule has 3 aliphatic rings. The van der Waals surface area contributed by atoms with Gasteiger partial charge in [-0.15, -0.1) is 0 Å². The Balaban J connectivity index is 1.07. The van der Waals surface area contributed by atoms with Crippen LogP contribution in [0.25, 0.3) is 0 Å². The third-order valence-corrected chi connectivity index (χ3v) is 7.73. The third kappa shape index (κ3) is 7.00. The van der Waals surface area contributed by atoms with E-state index in [4.69, 9.17) is 9.82 Å². The zero-order valence-electron chi connectivity index (χ0n) is 21.7. The molecule has 7 nitrogen and oxygen atoms in total. The predicted octanol–water partition coefficient (Wildman–Crippen LogP) is 4.17. The number of hydrogen-bond acceptors (Lipinski definition) is 6. The Bertz CT molecular complexity index is 1100. The largest absolute Gasteiger partial charge is 0.370 e. The van der Waals surface area contributed by atoms with Crippen molar-refractivity contribution < 1.29 is 23.1 Å². The molecule has 2 saturated carbocycles. The molecule has 0 radical (unpaired) electrons. The van der Waals surface area contributed by atoms with Gasteiger partial charge < -0.3 is 5.32 Å². The van der Waals surface area contributed by atoms with Gasteiger partial charge >= 0.3 is 11.8 Å². The van der Waals surface area contributed by atoms with E-state index in [-0.39, 0.29) is 31.3 Å². The number of nitrogens with zero attached hydrogens (tertiary/aromatic N) is 4. The highest BCUT2D eigenvalue weighted by atomic mass is 19.3. The first-order valence-electron chi connectivity index (χ1n) is 13.8. The first-order valence-corrected chi connectivity index (χ1v) is 13.8. The number of pyridine rings is 1. The number of carbonyl (C=O) groups excluding carboxylic acids is 1. The van der Waals surface area contributed by atoms with Gasteiger partial charge in [0.05, 0.1) is 6.42 Å². The molecular weight excluding hydrogens is 476 g/mol. The predicted molar refractivity (Wildman–Crippen MR) is 135 cm³/mol. The minimum absolute atomic E-state index is 0.0931. The fourth-order valence-corrected chi connectivity index (χ4v) is 5.28. The van der Waals surface area contributed by atoms with Crippen molar-refractivity contribution in [1.82, 2.24) is 14.9 Å². The molecule has 3 heterocycles. The van der Waals surface area contributed by atoms with Crippen LogP contribution >= 0.6 is 0 Å². The lowest BCUT2D eigenvalue weighted by Crippen LogP contribution is -2.51. The van der Waals surface area contributed by atoms with Crippen LogP contribution in [0.1, 0.15) is 86.4 Å². The quantitative estimate of drug-likeness (QED) is 0.339. The maximum Gasteiger partial charge on any atom is 0.358 e. The van der Waals surface area contributed by atoms with Crippen molar-refractivity contribution in [3.05, 3.63) is 47.2 Å². The molecular formula is C28H38F2N5O2+. The molecule has 0 bridgehead atoms. The number of alkyl halides is 2. The molecule has 0 atom stereocenters. The molecule has 1 aliphatic heterocycles. The van der Waals surface area contributed by atoms with Gasteiger partial charge in [0.1, 0.15) is 18.2 Å². The molecule has 0 saturated heterocycles. The number of unbranched alkanes of at least 4 members (excludes halogenated alkanes) is 1. The number of aryl methyl sites for hydroxylation is 3. The summed E-state index contributed by atoms with van der Waals surface area (Å²) in [6, 6.07) is 4.16. The standard InChI is InChI=1S/C28H38F2N5O2/c1-20-32-18-23(21-9-10-21)19-35(20)37-26(36)8-5-15-34(25-16-28(29,30)17-25)14-3-2-7-24-12-11-22-6-4-13-31-27(22)33-24/h11-12,18-19,21,25H,2-10,13-17H2,1H3,(H,31,33)/q+1. The number of carbonyl (C=O) groups is 1. The molecule has 2 aromatic heterocycles.